The van der Waals surface area contributed by atoms with E-state index in [1.54, 1.807) is 0 Å². The minimum absolute atomic E-state index is 0.423. The number of hydrogen-bond donors (Lipinski definition) is 0. The average molecular weight is 188 g/mol. The summed E-state index contributed by atoms with van der Waals surface area (Å²) in [5.74, 6) is 0. The Hall–Kier alpha value is -0.0800. The number of unbranched alkanes of at least 4 members (excludes halogenated alkanes) is 2. The zero-order valence-corrected chi connectivity index (χ0v) is 9.34. The molecule has 0 radical (unpaired) electrons. The fourth-order valence-electron chi connectivity index (χ4n) is 1.03. The normalized spacial score (nSPS) is 13.2. The molecular weight excluding hydrogens is 164 g/mol. The van der Waals surface area contributed by atoms with Crippen LogP contribution in [0.5, 0.6) is 0 Å². The standard InChI is InChI=1S/C11H24O2/c1-4-11(3)13-10-8-6-7-9-12-5-2/h11H,4-10H2,1-3H3. The summed E-state index contributed by atoms with van der Waals surface area (Å²) in [6, 6.07) is 0. The van der Waals surface area contributed by atoms with Gasteiger partial charge in [-0.3, -0.25) is 0 Å². The third-order valence-corrected chi connectivity index (χ3v) is 2.11. The van der Waals surface area contributed by atoms with E-state index in [1.165, 1.54) is 6.42 Å². The molecular formula is C11H24O2. The van der Waals surface area contributed by atoms with Gasteiger partial charge in [-0.2, -0.15) is 0 Å². The molecule has 0 bridgehead atoms. The quantitative estimate of drug-likeness (QED) is 0.518. The summed E-state index contributed by atoms with van der Waals surface area (Å²) in [5.41, 5.74) is 0. The van der Waals surface area contributed by atoms with Crippen molar-refractivity contribution in [2.75, 3.05) is 19.8 Å². The maximum absolute atomic E-state index is 5.56. The van der Waals surface area contributed by atoms with Crippen LogP contribution >= 0.6 is 0 Å². The zero-order valence-electron chi connectivity index (χ0n) is 9.34. The van der Waals surface area contributed by atoms with Gasteiger partial charge in [0.25, 0.3) is 0 Å². The van der Waals surface area contributed by atoms with Crippen molar-refractivity contribution >= 4 is 0 Å². The molecule has 13 heavy (non-hydrogen) atoms. The van der Waals surface area contributed by atoms with E-state index in [9.17, 15) is 0 Å². The molecule has 0 aromatic rings. The molecule has 0 saturated carbocycles. The van der Waals surface area contributed by atoms with Crippen LogP contribution in [0.1, 0.15) is 46.5 Å². The van der Waals surface area contributed by atoms with Crippen molar-refractivity contribution in [1.29, 1.82) is 0 Å². The van der Waals surface area contributed by atoms with Gasteiger partial charge in [-0.25, -0.2) is 0 Å². The molecule has 2 nitrogen and oxygen atoms in total. The molecule has 0 amide bonds. The van der Waals surface area contributed by atoms with Gasteiger partial charge in [0.1, 0.15) is 0 Å². The lowest BCUT2D eigenvalue weighted by atomic mass is 10.2. The highest BCUT2D eigenvalue weighted by molar-refractivity contribution is 4.46. The highest BCUT2D eigenvalue weighted by Gasteiger charge is 1.96. The smallest absolute Gasteiger partial charge is 0.0544 e. The van der Waals surface area contributed by atoms with E-state index in [2.05, 4.69) is 13.8 Å². The van der Waals surface area contributed by atoms with Gasteiger partial charge in [-0.15, -0.1) is 0 Å². The van der Waals surface area contributed by atoms with Crippen molar-refractivity contribution in [3.63, 3.8) is 0 Å². The van der Waals surface area contributed by atoms with Gasteiger partial charge in [-0.05, 0) is 39.5 Å². The summed E-state index contributed by atoms with van der Waals surface area (Å²) >= 11 is 0. The molecule has 80 valence electrons. The Morgan fingerprint density at radius 1 is 1.00 bits per heavy atom. The average Bonchev–Trinajstić information content (AvgIpc) is 2.16. The SMILES string of the molecule is CCOCCCCCOC(C)CC. The van der Waals surface area contributed by atoms with Crippen LogP contribution in [0.25, 0.3) is 0 Å². The molecule has 0 aliphatic rings. The largest absolute Gasteiger partial charge is 0.382 e. The third-order valence-electron chi connectivity index (χ3n) is 2.11. The van der Waals surface area contributed by atoms with Crippen LogP contribution in [-0.2, 0) is 9.47 Å². The molecule has 0 aromatic carbocycles. The first-order chi connectivity index (χ1) is 6.31. The van der Waals surface area contributed by atoms with Gasteiger partial charge in [-0.1, -0.05) is 6.92 Å². The fraction of sp³-hybridized carbons (Fsp3) is 1.00. The predicted molar refractivity (Wildman–Crippen MR) is 56.0 cm³/mol. The molecule has 0 aliphatic carbocycles. The summed E-state index contributed by atoms with van der Waals surface area (Å²) in [7, 11) is 0. The van der Waals surface area contributed by atoms with Gasteiger partial charge in [0.15, 0.2) is 0 Å². The second-order valence-electron chi connectivity index (χ2n) is 3.35. The van der Waals surface area contributed by atoms with Gasteiger partial charge >= 0.3 is 0 Å². The molecule has 0 saturated heterocycles. The van der Waals surface area contributed by atoms with Crippen LogP contribution in [0.3, 0.4) is 0 Å². The van der Waals surface area contributed by atoms with Crippen LogP contribution in [-0.4, -0.2) is 25.9 Å². The van der Waals surface area contributed by atoms with E-state index in [1.807, 2.05) is 6.92 Å². The van der Waals surface area contributed by atoms with Crippen LogP contribution in [0, 0.1) is 0 Å². The van der Waals surface area contributed by atoms with E-state index < -0.39 is 0 Å². The Labute approximate surface area is 82.6 Å². The van der Waals surface area contributed by atoms with Crippen LogP contribution in [0.4, 0.5) is 0 Å². The molecule has 0 heterocycles. The molecule has 0 aliphatic heterocycles. The summed E-state index contributed by atoms with van der Waals surface area (Å²) in [6.45, 7) is 8.95. The highest BCUT2D eigenvalue weighted by Crippen LogP contribution is 2.00. The first-order valence-corrected chi connectivity index (χ1v) is 5.50. The second-order valence-corrected chi connectivity index (χ2v) is 3.35. The molecule has 1 atom stereocenters. The molecule has 2 heteroatoms. The molecule has 0 fully saturated rings. The maximum Gasteiger partial charge on any atom is 0.0544 e. The van der Waals surface area contributed by atoms with Crippen LogP contribution in [0.2, 0.25) is 0 Å². The van der Waals surface area contributed by atoms with Gasteiger partial charge in [0, 0.05) is 19.8 Å². The Kier molecular flexibility index (Phi) is 9.94. The zero-order chi connectivity index (χ0) is 9.94. The van der Waals surface area contributed by atoms with Crippen molar-refractivity contribution < 1.29 is 9.47 Å². The Morgan fingerprint density at radius 2 is 1.69 bits per heavy atom. The van der Waals surface area contributed by atoms with Gasteiger partial charge in [0.05, 0.1) is 6.10 Å². The van der Waals surface area contributed by atoms with E-state index in [0.29, 0.717) is 6.10 Å². The van der Waals surface area contributed by atoms with Crippen molar-refractivity contribution in [3.8, 4) is 0 Å². The van der Waals surface area contributed by atoms with Crippen molar-refractivity contribution in [2.45, 2.75) is 52.6 Å². The molecule has 0 rings (SSSR count). The molecule has 0 N–H and O–H groups in total. The highest BCUT2D eigenvalue weighted by atomic mass is 16.5. The number of ether oxygens (including phenoxy) is 2. The topological polar surface area (TPSA) is 18.5 Å². The Balaban J connectivity index is 2.91. The monoisotopic (exact) mass is 188 g/mol. The third kappa shape index (κ3) is 9.84. The van der Waals surface area contributed by atoms with Crippen LogP contribution in [0.15, 0.2) is 0 Å². The first kappa shape index (κ1) is 12.9. The predicted octanol–water partition coefficient (Wildman–Crippen LogP) is 3.01. The first-order valence-electron chi connectivity index (χ1n) is 5.50. The molecule has 0 aromatic heterocycles. The molecule has 1 unspecified atom stereocenters. The summed E-state index contributed by atoms with van der Waals surface area (Å²) in [6.07, 6.45) is 5.08. The van der Waals surface area contributed by atoms with Gasteiger partial charge < -0.3 is 9.47 Å². The van der Waals surface area contributed by atoms with Crippen molar-refractivity contribution in [1.82, 2.24) is 0 Å². The lowest BCUT2D eigenvalue weighted by Crippen LogP contribution is -2.07. The van der Waals surface area contributed by atoms with Gasteiger partial charge in [0.2, 0.25) is 0 Å². The number of rotatable bonds is 9. The van der Waals surface area contributed by atoms with Crippen molar-refractivity contribution in [3.05, 3.63) is 0 Å². The minimum Gasteiger partial charge on any atom is -0.382 e. The fourth-order valence-corrected chi connectivity index (χ4v) is 1.03. The second kappa shape index (κ2) is 10.0. The number of hydrogen-bond acceptors (Lipinski definition) is 2. The lowest BCUT2D eigenvalue weighted by molar-refractivity contribution is 0.0591. The van der Waals surface area contributed by atoms with E-state index in [4.69, 9.17) is 9.47 Å². The minimum atomic E-state index is 0.423. The van der Waals surface area contributed by atoms with E-state index >= 15 is 0 Å². The maximum atomic E-state index is 5.56. The van der Waals surface area contributed by atoms with E-state index in [0.717, 1.165) is 39.1 Å². The van der Waals surface area contributed by atoms with Crippen molar-refractivity contribution in [2.24, 2.45) is 0 Å². The lowest BCUT2D eigenvalue weighted by Gasteiger charge is -2.09. The Bertz CT molecular complexity index is 94.1. The molecule has 0 spiro atoms. The van der Waals surface area contributed by atoms with Crippen LogP contribution < -0.4 is 0 Å². The van der Waals surface area contributed by atoms with E-state index in [-0.39, 0.29) is 0 Å². The summed E-state index contributed by atoms with van der Waals surface area (Å²) in [5, 5.41) is 0. The Morgan fingerprint density at radius 3 is 2.31 bits per heavy atom. The summed E-state index contributed by atoms with van der Waals surface area (Å²) in [4.78, 5) is 0. The summed E-state index contributed by atoms with van der Waals surface area (Å²) < 4.78 is 10.8.